The minimum absolute atomic E-state index is 0. The first-order chi connectivity index (χ1) is 4.47. The predicted octanol–water partition coefficient (Wildman–Crippen LogP) is -2.63. The highest BCUT2D eigenvalue weighted by atomic mass is 79.9. The van der Waals surface area contributed by atoms with Gasteiger partial charge >= 0.3 is 0 Å². The third kappa shape index (κ3) is 1.13. The lowest BCUT2D eigenvalue weighted by Crippen LogP contribution is -3.00. The number of halogens is 1. The number of allylic oxidation sites excluding steroid dienone is 5. The van der Waals surface area contributed by atoms with Crippen molar-refractivity contribution in [3.05, 3.63) is 48.5 Å². The Balaban J connectivity index is 0.000000500. The fourth-order valence-electron chi connectivity index (χ4n) is 1.07. The van der Waals surface area contributed by atoms with E-state index in [1.54, 1.807) is 0 Å². The Morgan fingerprint density at radius 1 is 1.00 bits per heavy atom. The highest BCUT2D eigenvalue weighted by Crippen LogP contribution is 1.97. The molecule has 2 aliphatic heterocycles. The number of quaternary nitrogens is 1. The van der Waals surface area contributed by atoms with Gasteiger partial charge in [0, 0.05) is 12.2 Å². The summed E-state index contributed by atoms with van der Waals surface area (Å²) < 4.78 is 0. The topological polar surface area (TPSA) is 4.44 Å². The molecule has 0 aromatic heterocycles. The second-order valence-corrected chi connectivity index (χ2v) is 2.15. The van der Waals surface area contributed by atoms with Gasteiger partial charge in [-0.15, -0.1) is 0 Å². The first-order valence-electron chi connectivity index (χ1n) is 3.07. The van der Waals surface area contributed by atoms with Crippen molar-refractivity contribution in [2.75, 3.05) is 0 Å². The van der Waals surface area contributed by atoms with Crippen molar-refractivity contribution in [1.29, 1.82) is 0 Å². The summed E-state index contributed by atoms with van der Waals surface area (Å²) >= 11 is 0. The van der Waals surface area contributed by atoms with Gasteiger partial charge in [0.1, 0.15) is 18.1 Å². The molecule has 2 heteroatoms. The van der Waals surface area contributed by atoms with E-state index in [1.165, 1.54) is 10.6 Å². The lowest BCUT2D eigenvalue weighted by Gasteiger charge is -2.06. The Bertz CT molecular complexity index is 236. The molecule has 0 bridgehead atoms. The van der Waals surface area contributed by atoms with E-state index in [1.807, 2.05) is 0 Å². The van der Waals surface area contributed by atoms with Crippen LogP contribution in [0.4, 0.5) is 0 Å². The first kappa shape index (κ1) is 7.51. The molecule has 1 nitrogen and oxygen atoms in total. The smallest absolute Gasteiger partial charge is 0.140 e. The zero-order valence-corrected chi connectivity index (χ0v) is 7.01. The summed E-state index contributed by atoms with van der Waals surface area (Å²) in [5.74, 6) is 0. The summed E-state index contributed by atoms with van der Waals surface area (Å²) in [6.45, 7) is 0. The van der Waals surface area contributed by atoms with Crippen molar-refractivity contribution >= 4 is 0 Å². The molecule has 0 saturated carbocycles. The molecule has 1 atom stereocenters. The molecule has 0 saturated heterocycles. The van der Waals surface area contributed by atoms with E-state index >= 15 is 0 Å². The van der Waals surface area contributed by atoms with E-state index in [4.69, 9.17) is 0 Å². The van der Waals surface area contributed by atoms with Gasteiger partial charge in [-0.25, -0.2) is 0 Å². The Hall–Kier alpha value is -0.600. The molecular formula is C8H8BrN. The predicted molar refractivity (Wildman–Crippen MR) is 36.5 cm³/mol. The van der Waals surface area contributed by atoms with Gasteiger partial charge < -0.3 is 17.0 Å². The maximum atomic E-state index is 2.12. The van der Waals surface area contributed by atoms with E-state index in [2.05, 4.69) is 42.8 Å². The quantitative estimate of drug-likeness (QED) is 0.434. The molecule has 0 spiro atoms. The summed E-state index contributed by atoms with van der Waals surface area (Å²) in [6, 6.07) is 0. The Morgan fingerprint density at radius 3 is 2.60 bits per heavy atom. The summed E-state index contributed by atoms with van der Waals surface area (Å²) in [5.41, 5.74) is 1.33. The highest BCUT2D eigenvalue weighted by molar-refractivity contribution is 5.26. The number of rotatable bonds is 0. The van der Waals surface area contributed by atoms with E-state index in [0.717, 1.165) is 0 Å². The van der Waals surface area contributed by atoms with Gasteiger partial charge in [0.05, 0.1) is 0 Å². The van der Waals surface area contributed by atoms with Crippen molar-refractivity contribution in [1.82, 2.24) is 0 Å². The van der Waals surface area contributed by atoms with Crippen molar-refractivity contribution in [3.8, 4) is 0 Å². The number of hydrogen-bond donors (Lipinski definition) is 1. The van der Waals surface area contributed by atoms with Crippen LogP contribution in [0.5, 0.6) is 0 Å². The normalized spacial score (nSPS) is 25.6. The van der Waals surface area contributed by atoms with Crippen molar-refractivity contribution < 1.29 is 21.9 Å². The molecule has 0 aromatic carbocycles. The van der Waals surface area contributed by atoms with E-state index < -0.39 is 0 Å². The molecular weight excluding hydrogens is 190 g/mol. The summed E-state index contributed by atoms with van der Waals surface area (Å²) in [4.78, 5) is 1.33. The first-order valence-corrected chi connectivity index (χ1v) is 3.07. The maximum Gasteiger partial charge on any atom is 0.140 e. The maximum absolute atomic E-state index is 2.12. The Morgan fingerprint density at radius 2 is 1.80 bits per heavy atom. The van der Waals surface area contributed by atoms with Crippen molar-refractivity contribution in [2.45, 2.75) is 0 Å². The summed E-state index contributed by atoms with van der Waals surface area (Å²) in [7, 11) is 0. The lowest BCUT2D eigenvalue weighted by molar-refractivity contribution is -0.739. The van der Waals surface area contributed by atoms with Gasteiger partial charge in [0.2, 0.25) is 0 Å². The molecule has 0 fully saturated rings. The molecule has 0 aromatic rings. The molecule has 0 amide bonds. The third-order valence-corrected chi connectivity index (χ3v) is 1.55. The Kier molecular flexibility index (Phi) is 2.25. The van der Waals surface area contributed by atoms with Crippen LogP contribution in [0, 0.1) is 0 Å². The SMILES string of the molecule is C1=CC2=CC=C[NH+]2C=C1.[Br-]. The highest BCUT2D eigenvalue weighted by Gasteiger charge is 2.11. The molecule has 0 aliphatic carbocycles. The minimum atomic E-state index is 0. The fraction of sp³-hybridized carbons (Fsp3) is 0. The minimum Gasteiger partial charge on any atom is -1.00 e. The average molecular weight is 198 g/mol. The van der Waals surface area contributed by atoms with Crippen LogP contribution in [-0.2, 0) is 0 Å². The van der Waals surface area contributed by atoms with E-state index in [-0.39, 0.29) is 17.0 Å². The molecule has 2 rings (SSSR count). The standard InChI is InChI=1S/C8H7N.BrH/c1-2-6-9-7-3-5-8(9)4-1;/h1-7H;1H. The number of hydrogen-bond acceptors (Lipinski definition) is 0. The lowest BCUT2D eigenvalue weighted by atomic mass is 10.3. The third-order valence-electron chi connectivity index (χ3n) is 1.55. The second-order valence-electron chi connectivity index (χ2n) is 2.15. The molecule has 52 valence electrons. The monoisotopic (exact) mass is 197 g/mol. The number of fused-ring (bicyclic) bond motifs is 1. The molecule has 10 heavy (non-hydrogen) atoms. The summed E-state index contributed by atoms with van der Waals surface area (Å²) in [5, 5.41) is 0. The summed E-state index contributed by atoms with van der Waals surface area (Å²) in [6.07, 6.45) is 14.7. The molecule has 2 aliphatic rings. The molecule has 1 unspecified atom stereocenters. The van der Waals surface area contributed by atoms with Crippen LogP contribution in [0.3, 0.4) is 0 Å². The fourth-order valence-corrected chi connectivity index (χ4v) is 1.07. The van der Waals surface area contributed by atoms with Crippen molar-refractivity contribution in [2.24, 2.45) is 0 Å². The van der Waals surface area contributed by atoms with Crippen LogP contribution >= 0.6 is 0 Å². The van der Waals surface area contributed by atoms with Crippen LogP contribution in [-0.4, -0.2) is 0 Å². The van der Waals surface area contributed by atoms with Crippen LogP contribution in [0.25, 0.3) is 0 Å². The number of nitrogens with one attached hydrogen (secondary N) is 1. The largest absolute Gasteiger partial charge is 1.00 e. The van der Waals surface area contributed by atoms with Gasteiger partial charge in [-0.3, -0.25) is 4.90 Å². The van der Waals surface area contributed by atoms with E-state index in [0.29, 0.717) is 0 Å². The molecule has 2 heterocycles. The van der Waals surface area contributed by atoms with E-state index in [9.17, 15) is 0 Å². The van der Waals surface area contributed by atoms with Crippen LogP contribution in [0.15, 0.2) is 48.5 Å². The van der Waals surface area contributed by atoms with Gasteiger partial charge in [-0.05, 0) is 12.2 Å². The van der Waals surface area contributed by atoms with Crippen LogP contribution in [0.2, 0.25) is 0 Å². The van der Waals surface area contributed by atoms with Crippen molar-refractivity contribution in [3.63, 3.8) is 0 Å². The zero-order valence-electron chi connectivity index (χ0n) is 5.42. The van der Waals surface area contributed by atoms with Gasteiger partial charge in [0.25, 0.3) is 0 Å². The Labute approximate surface area is 70.8 Å². The van der Waals surface area contributed by atoms with Gasteiger partial charge in [-0.1, -0.05) is 6.08 Å². The molecule has 0 radical (unpaired) electrons. The molecule has 1 N–H and O–H groups in total. The van der Waals surface area contributed by atoms with Crippen LogP contribution in [0.1, 0.15) is 0 Å². The zero-order chi connectivity index (χ0) is 6.10. The average Bonchev–Trinajstić information content (AvgIpc) is 2.33. The van der Waals surface area contributed by atoms with Gasteiger partial charge in [0.15, 0.2) is 0 Å². The second kappa shape index (κ2) is 2.99. The van der Waals surface area contributed by atoms with Gasteiger partial charge in [-0.2, -0.15) is 0 Å². The van der Waals surface area contributed by atoms with Crippen LogP contribution < -0.4 is 21.9 Å².